The molecule has 0 bridgehead atoms. The largest absolute Gasteiger partial charge is 0.359 e. The number of fused-ring (bicyclic) bond motifs is 2. The van der Waals surface area contributed by atoms with Gasteiger partial charge in [-0.05, 0) is 43.7 Å². The van der Waals surface area contributed by atoms with Crippen LogP contribution in [0, 0.1) is 17.6 Å². The number of thiazole rings is 1. The second-order valence-corrected chi connectivity index (χ2v) is 9.58. The Bertz CT molecular complexity index is 1100. The van der Waals surface area contributed by atoms with Crippen molar-refractivity contribution in [2.75, 3.05) is 11.9 Å². The third kappa shape index (κ3) is 3.69. The van der Waals surface area contributed by atoms with E-state index in [1.807, 2.05) is 0 Å². The molecule has 1 aliphatic carbocycles. The summed E-state index contributed by atoms with van der Waals surface area (Å²) in [6.45, 7) is 3.35. The van der Waals surface area contributed by atoms with Crippen molar-refractivity contribution in [3.05, 3.63) is 46.1 Å². The van der Waals surface area contributed by atoms with E-state index in [1.165, 1.54) is 37.8 Å². The van der Waals surface area contributed by atoms with Gasteiger partial charge in [-0.25, -0.2) is 13.8 Å². The zero-order valence-electron chi connectivity index (χ0n) is 16.8. The number of aromatic amines is 1. The SMILES string of the molecule is CC1CCC(Nc2nc3c(s2)CN(C(=O)c2cc4c(F)cc(F)cc4[nH]2)CC3)CC1. The maximum atomic E-state index is 14.0. The molecular formula is C22H24F2N4OS. The number of nitrogens with zero attached hydrogens (tertiary/aromatic N) is 2. The summed E-state index contributed by atoms with van der Waals surface area (Å²) in [6, 6.07) is 3.98. The molecule has 1 fully saturated rings. The molecule has 5 rings (SSSR count). The van der Waals surface area contributed by atoms with E-state index in [-0.39, 0.29) is 17.0 Å². The van der Waals surface area contributed by atoms with Gasteiger partial charge in [-0.3, -0.25) is 4.79 Å². The van der Waals surface area contributed by atoms with Crippen LogP contribution < -0.4 is 5.32 Å². The summed E-state index contributed by atoms with van der Waals surface area (Å²) in [5, 5.41) is 4.75. The molecule has 2 aromatic heterocycles. The summed E-state index contributed by atoms with van der Waals surface area (Å²) < 4.78 is 27.4. The molecule has 1 aliphatic heterocycles. The van der Waals surface area contributed by atoms with E-state index in [1.54, 1.807) is 16.2 Å². The number of H-pyrrole nitrogens is 1. The molecule has 3 aromatic rings. The van der Waals surface area contributed by atoms with Crippen LogP contribution in [0.25, 0.3) is 10.9 Å². The highest BCUT2D eigenvalue weighted by Gasteiger charge is 2.27. The van der Waals surface area contributed by atoms with E-state index in [0.29, 0.717) is 31.1 Å². The standard InChI is InChI=1S/C22H24F2N4OS/c1-12-2-4-14(5-3-12)25-22-27-17-6-7-28(11-20(17)30-22)21(29)19-10-15-16(24)8-13(23)9-18(15)26-19/h8-10,12,14,26H,2-7,11H2,1H3,(H,25,27). The van der Waals surface area contributed by atoms with Crippen molar-refractivity contribution in [3.63, 3.8) is 0 Å². The quantitative estimate of drug-likeness (QED) is 0.608. The first-order valence-corrected chi connectivity index (χ1v) is 11.3. The van der Waals surface area contributed by atoms with Gasteiger partial charge in [0.05, 0.1) is 17.8 Å². The van der Waals surface area contributed by atoms with Gasteiger partial charge >= 0.3 is 0 Å². The number of rotatable bonds is 3. The van der Waals surface area contributed by atoms with Gasteiger partial charge in [-0.15, -0.1) is 0 Å². The van der Waals surface area contributed by atoms with Crippen LogP contribution in [-0.2, 0) is 13.0 Å². The summed E-state index contributed by atoms with van der Waals surface area (Å²) in [5.41, 5.74) is 1.62. The van der Waals surface area contributed by atoms with Gasteiger partial charge in [0.2, 0.25) is 0 Å². The molecule has 5 nitrogen and oxygen atoms in total. The van der Waals surface area contributed by atoms with Crippen LogP contribution in [0.1, 0.15) is 53.7 Å². The zero-order valence-corrected chi connectivity index (χ0v) is 17.6. The fourth-order valence-electron chi connectivity index (χ4n) is 4.46. The minimum Gasteiger partial charge on any atom is -0.359 e. The van der Waals surface area contributed by atoms with E-state index < -0.39 is 11.6 Å². The maximum absolute atomic E-state index is 14.0. The molecule has 1 saturated carbocycles. The molecule has 1 amide bonds. The molecular weight excluding hydrogens is 406 g/mol. The predicted molar refractivity (Wildman–Crippen MR) is 114 cm³/mol. The van der Waals surface area contributed by atoms with Gasteiger partial charge in [0.1, 0.15) is 17.3 Å². The molecule has 2 N–H and O–H groups in total. The number of carbonyl (C=O) groups excluding carboxylic acids is 1. The lowest BCUT2D eigenvalue weighted by Crippen LogP contribution is -2.35. The van der Waals surface area contributed by atoms with Gasteiger partial charge in [0.25, 0.3) is 5.91 Å². The van der Waals surface area contributed by atoms with Crippen molar-refractivity contribution in [3.8, 4) is 0 Å². The molecule has 8 heteroatoms. The molecule has 0 radical (unpaired) electrons. The van der Waals surface area contributed by atoms with E-state index in [9.17, 15) is 13.6 Å². The number of amides is 1. The van der Waals surface area contributed by atoms with E-state index in [4.69, 9.17) is 4.98 Å². The van der Waals surface area contributed by atoms with Gasteiger partial charge in [-0.2, -0.15) is 0 Å². The molecule has 30 heavy (non-hydrogen) atoms. The molecule has 0 saturated heterocycles. The predicted octanol–water partition coefficient (Wildman–Crippen LogP) is 5.09. The average Bonchev–Trinajstić information content (AvgIpc) is 3.32. The summed E-state index contributed by atoms with van der Waals surface area (Å²) in [4.78, 5) is 23.4. The first kappa shape index (κ1) is 19.5. The number of anilines is 1. The molecule has 0 atom stereocenters. The Hall–Kier alpha value is -2.48. The minimum atomic E-state index is -0.670. The normalized spacial score (nSPS) is 21.6. The Morgan fingerprint density at radius 3 is 2.83 bits per heavy atom. The molecule has 1 aromatic carbocycles. The molecule has 3 heterocycles. The molecule has 0 spiro atoms. The number of benzene rings is 1. The van der Waals surface area contributed by atoms with Gasteiger partial charge < -0.3 is 15.2 Å². The average molecular weight is 431 g/mol. The van der Waals surface area contributed by atoms with Crippen molar-refractivity contribution < 1.29 is 13.6 Å². The summed E-state index contributed by atoms with van der Waals surface area (Å²) in [5.74, 6) is -0.736. The Balaban J connectivity index is 1.30. The van der Waals surface area contributed by atoms with Crippen LogP contribution in [0.4, 0.5) is 13.9 Å². The lowest BCUT2D eigenvalue weighted by Gasteiger charge is -2.26. The highest BCUT2D eigenvalue weighted by Crippen LogP contribution is 2.32. The van der Waals surface area contributed by atoms with Crippen molar-refractivity contribution >= 4 is 33.3 Å². The molecule has 0 unspecified atom stereocenters. The second kappa shape index (κ2) is 7.65. The number of carbonyl (C=O) groups is 1. The van der Waals surface area contributed by atoms with Crippen molar-refractivity contribution in [1.29, 1.82) is 0 Å². The second-order valence-electron chi connectivity index (χ2n) is 8.50. The third-order valence-electron chi connectivity index (χ3n) is 6.24. The van der Waals surface area contributed by atoms with Crippen LogP contribution in [0.5, 0.6) is 0 Å². The Kier molecular flexibility index (Phi) is 4.97. The van der Waals surface area contributed by atoms with Crippen molar-refractivity contribution in [2.45, 2.75) is 51.6 Å². The van der Waals surface area contributed by atoms with Crippen LogP contribution in [-0.4, -0.2) is 33.4 Å². The summed E-state index contributed by atoms with van der Waals surface area (Å²) in [6.07, 6.45) is 5.55. The third-order valence-corrected chi connectivity index (χ3v) is 7.26. The lowest BCUT2D eigenvalue weighted by atomic mass is 9.87. The fourth-order valence-corrected chi connectivity index (χ4v) is 5.56. The number of aromatic nitrogens is 2. The van der Waals surface area contributed by atoms with E-state index >= 15 is 0 Å². The first-order chi connectivity index (χ1) is 14.5. The van der Waals surface area contributed by atoms with Gasteiger partial charge in [0.15, 0.2) is 5.13 Å². The maximum Gasteiger partial charge on any atom is 0.270 e. The zero-order chi connectivity index (χ0) is 20.8. The summed E-state index contributed by atoms with van der Waals surface area (Å²) in [7, 11) is 0. The molecule has 2 aliphatic rings. The summed E-state index contributed by atoms with van der Waals surface area (Å²) >= 11 is 1.62. The number of hydrogen-bond acceptors (Lipinski definition) is 4. The topological polar surface area (TPSA) is 61.0 Å². The minimum absolute atomic E-state index is 0.208. The van der Waals surface area contributed by atoms with E-state index in [0.717, 1.165) is 27.7 Å². The molecule has 158 valence electrons. The smallest absolute Gasteiger partial charge is 0.270 e. The monoisotopic (exact) mass is 430 g/mol. The van der Waals surface area contributed by atoms with Crippen LogP contribution in [0.3, 0.4) is 0 Å². The first-order valence-electron chi connectivity index (χ1n) is 10.5. The van der Waals surface area contributed by atoms with Crippen LogP contribution in [0.15, 0.2) is 18.2 Å². The number of hydrogen-bond donors (Lipinski definition) is 2. The van der Waals surface area contributed by atoms with Gasteiger partial charge in [0, 0.05) is 35.3 Å². The Morgan fingerprint density at radius 2 is 2.03 bits per heavy atom. The van der Waals surface area contributed by atoms with Crippen molar-refractivity contribution in [1.82, 2.24) is 14.9 Å². The number of nitrogens with one attached hydrogen (secondary N) is 2. The highest BCUT2D eigenvalue weighted by atomic mass is 32.1. The van der Waals surface area contributed by atoms with E-state index in [2.05, 4.69) is 17.2 Å². The number of halogens is 2. The Labute approximate surface area is 177 Å². The highest BCUT2D eigenvalue weighted by molar-refractivity contribution is 7.15. The fraction of sp³-hybridized carbons (Fsp3) is 0.455. The Morgan fingerprint density at radius 1 is 1.23 bits per heavy atom. The van der Waals surface area contributed by atoms with Crippen LogP contribution in [0.2, 0.25) is 0 Å². The van der Waals surface area contributed by atoms with Crippen molar-refractivity contribution in [2.24, 2.45) is 5.92 Å². The van der Waals surface area contributed by atoms with Crippen LogP contribution >= 0.6 is 11.3 Å². The lowest BCUT2D eigenvalue weighted by molar-refractivity contribution is 0.0731. The van der Waals surface area contributed by atoms with Gasteiger partial charge in [-0.1, -0.05) is 18.3 Å².